The van der Waals surface area contributed by atoms with E-state index in [1.54, 1.807) is 10.5 Å². The van der Waals surface area contributed by atoms with Gasteiger partial charge in [0.2, 0.25) is 5.91 Å². The molecule has 1 saturated carbocycles. The Balaban J connectivity index is 1.69. The Bertz CT molecular complexity index is 989. The number of furan rings is 1. The number of fused-ring (bicyclic) bond motifs is 3. The van der Waals surface area contributed by atoms with Gasteiger partial charge in [-0.25, -0.2) is 4.68 Å². The van der Waals surface area contributed by atoms with Crippen molar-refractivity contribution in [1.82, 2.24) is 19.5 Å². The van der Waals surface area contributed by atoms with Crippen LogP contribution in [0.25, 0.3) is 16.6 Å². The van der Waals surface area contributed by atoms with Gasteiger partial charge < -0.3 is 9.73 Å². The summed E-state index contributed by atoms with van der Waals surface area (Å²) in [6.45, 7) is 3.63. The molecule has 0 spiro atoms. The maximum Gasteiger partial charge on any atom is 0.291 e. The van der Waals surface area contributed by atoms with Crippen LogP contribution in [0.1, 0.15) is 37.3 Å². The predicted octanol–water partition coefficient (Wildman–Crippen LogP) is 1.92. The van der Waals surface area contributed by atoms with Gasteiger partial charge in [0, 0.05) is 18.2 Å². The summed E-state index contributed by atoms with van der Waals surface area (Å²) >= 11 is 0. The van der Waals surface area contributed by atoms with Crippen LogP contribution in [0, 0.1) is 13.8 Å². The number of carbonyl (C=O) groups excluding carboxylic acids is 1. The van der Waals surface area contributed by atoms with E-state index in [0.29, 0.717) is 16.9 Å². The number of amides is 1. The number of nitrogens with zero attached hydrogens (tertiary/aromatic N) is 3. The second-order valence-electron chi connectivity index (χ2n) is 6.53. The molecule has 7 nitrogen and oxygen atoms in total. The second-order valence-corrected chi connectivity index (χ2v) is 6.53. The third kappa shape index (κ3) is 2.40. The second kappa shape index (κ2) is 5.51. The molecule has 3 aromatic rings. The molecular weight excluding hydrogens is 308 g/mol. The molecule has 4 rings (SSSR count). The van der Waals surface area contributed by atoms with Gasteiger partial charge in [0.15, 0.2) is 5.58 Å². The minimum absolute atomic E-state index is 0.0573. The first-order chi connectivity index (χ1) is 11.5. The molecule has 0 aliphatic heterocycles. The van der Waals surface area contributed by atoms with Gasteiger partial charge in [-0.2, -0.15) is 5.10 Å². The topological polar surface area (TPSA) is 81.5 Å². The summed E-state index contributed by atoms with van der Waals surface area (Å²) in [5.41, 5.74) is 1.67. The molecule has 1 N–H and O–H groups in total. The standard InChI is InChI=1S/C17H20N4O3/c1-10-7-13-15(24-10)8-14-17(23)20(19-11(2)21(13)14)9-16(22)18-12-5-3-4-6-12/h7-8,12H,3-6,9H2,1-2H3,(H,18,22). The van der Waals surface area contributed by atoms with Crippen molar-refractivity contribution in [3.63, 3.8) is 0 Å². The number of nitrogens with one attached hydrogen (secondary N) is 1. The Morgan fingerprint density at radius 1 is 1.29 bits per heavy atom. The summed E-state index contributed by atoms with van der Waals surface area (Å²) < 4.78 is 8.61. The van der Waals surface area contributed by atoms with E-state index in [0.717, 1.165) is 37.0 Å². The van der Waals surface area contributed by atoms with E-state index >= 15 is 0 Å². The molecule has 7 heteroatoms. The number of carbonyl (C=O) groups is 1. The number of rotatable bonds is 3. The molecule has 3 aromatic heterocycles. The fourth-order valence-corrected chi connectivity index (χ4v) is 3.61. The highest BCUT2D eigenvalue weighted by molar-refractivity contribution is 5.83. The first-order valence-electron chi connectivity index (χ1n) is 8.31. The zero-order valence-electron chi connectivity index (χ0n) is 13.8. The smallest absolute Gasteiger partial charge is 0.291 e. The molecule has 0 atom stereocenters. The maximum absolute atomic E-state index is 12.7. The molecule has 1 aliphatic carbocycles. The molecule has 1 aliphatic rings. The summed E-state index contributed by atoms with van der Waals surface area (Å²) in [6, 6.07) is 3.83. The average molecular weight is 328 g/mol. The van der Waals surface area contributed by atoms with Crippen molar-refractivity contribution in [3.8, 4) is 0 Å². The molecule has 126 valence electrons. The number of aryl methyl sites for hydroxylation is 2. The van der Waals surface area contributed by atoms with Gasteiger partial charge in [0.1, 0.15) is 23.6 Å². The van der Waals surface area contributed by atoms with Gasteiger partial charge in [0.25, 0.3) is 5.56 Å². The fraction of sp³-hybridized carbons (Fsp3) is 0.471. The SMILES string of the molecule is Cc1cc2c(cc3c(=O)n(CC(=O)NC4CCCC4)nc(C)n32)o1. The van der Waals surface area contributed by atoms with E-state index in [1.807, 2.05) is 19.9 Å². The van der Waals surface area contributed by atoms with Gasteiger partial charge in [-0.1, -0.05) is 12.8 Å². The van der Waals surface area contributed by atoms with Crippen molar-refractivity contribution in [1.29, 1.82) is 0 Å². The summed E-state index contributed by atoms with van der Waals surface area (Å²) in [4.78, 5) is 24.9. The summed E-state index contributed by atoms with van der Waals surface area (Å²) in [5.74, 6) is 1.27. The lowest BCUT2D eigenvalue weighted by atomic mass is 10.2. The van der Waals surface area contributed by atoms with Gasteiger partial charge in [-0.15, -0.1) is 0 Å². The van der Waals surface area contributed by atoms with Crippen LogP contribution in [-0.4, -0.2) is 26.1 Å². The number of hydrogen-bond acceptors (Lipinski definition) is 4. The zero-order valence-corrected chi connectivity index (χ0v) is 13.8. The van der Waals surface area contributed by atoms with Crippen LogP contribution < -0.4 is 10.9 Å². The summed E-state index contributed by atoms with van der Waals surface area (Å²) in [6.07, 6.45) is 4.33. The van der Waals surface area contributed by atoms with Crippen LogP contribution in [0.2, 0.25) is 0 Å². The van der Waals surface area contributed by atoms with E-state index in [1.165, 1.54) is 4.68 Å². The van der Waals surface area contributed by atoms with E-state index < -0.39 is 0 Å². The van der Waals surface area contributed by atoms with Crippen molar-refractivity contribution in [3.05, 3.63) is 34.1 Å². The minimum Gasteiger partial charge on any atom is -0.460 e. The third-order valence-corrected chi connectivity index (χ3v) is 4.67. The minimum atomic E-state index is -0.286. The highest BCUT2D eigenvalue weighted by Crippen LogP contribution is 2.22. The molecule has 0 radical (unpaired) electrons. The van der Waals surface area contributed by atoms with Crippen molar-refractivity contribution < 1.29 is 9.21 Å². The average Bonchev–Trinajstić information content (AvgIpc) is 3.20. The largest absolute Gasteiger partial charge is 0.460 e. The Labute approximate surface area is 138 Å². The summed E-state index contributed by atoms with van der Waals surface area (Å²) in [5, 5.41) is 7.30. The van der Waals surface area contributed by atoms with Gasteiger partial charge in [0.05, 0.1) is 5.52 Å². The lowest BCUT2D eigenvalue weighted by molar-refractivity contribution is -0.122. The predicted molar refractivity (Wildman–Crippen MR) is 89.1 cm³/mol. The van der Waals surface area contributed by atoms with Crippen LogP contribution in [0.3, 0.4) is 0 Å². The Morgan fingerprint density at radius 3 is 2.79 bits per heavy atom. The molecule has 1 amide bonds. The Hall–Kier alpha value is -2.57. The molecule has 3 heterocycles. The van der Waals surface area contributed by atoms with Crippen molar-refractivity contribution >= 4 is 22.5 Å². The van der Waals surface area contributed by atoms with E-state index in [4.69, 9.17) is 4.42 Å². The lowest BCUT2D eigenvalue weighted by Crippen LogP contribution is -2.38. The van der Waals surface area contributed by atoms with Crippen LogP contribution >= 0.6 is 0 Å². The Morgan fingerprint density at radius 2 is 2.04 bits per heavy atom. The number of aromatic nitrogens is 3. The normalized spacial score (nSPS) is 15.6. The quantitative estimate of drug-likeness (QED) is 0.796. The number of hydrogen-bond donors (Lipinski definition) is 1. The molecule has 0 aromatic carbocycles. The molecule has 0 saturated heterocycles. The highest BCUT2D eigenvalue weighted by Gasteiger charge is 2.19. The molecule has 0 unspecified atom stereocenters. The highest BCUT2D eigenvalue weighted by atomic mass is 16.3. The Kier molecular flexibility index (Phi) is 3.44. The van der Waals surface area contributed by atoms with E-state index in [-0.39, 0.29) is 24.1 Å². The van der Waals surface area contributed by atoms with Crippen molar-refractivity contribution in [2.75, 3.05) is 0 Å². The van der Waals surface area contributed by atoms with Gasteiger partial charge in [-0.3, -0.25) is 14.0 Å². The summed E-state index contributed by atoms with van der Waals surface area (Å²) in [7, 11) is 0. The maximum atomic E-state index is 12.7. The van der Waals surface area contributed by atoms with E-state index in [9.17, 15) is 9.59 Å². The first kappa shape index (κ1) is 15.0. The van der Waals surface area contributed by atoms with Crippen LogP contribution in [0.4, 0.5) is 0 Å². The molecule has 1 fully saturated rings. The molecule has 24 heavy (non-hydrogen) atoms. The zero-order chi connectivity index (χ0) is 16.8. The third-order valence-electron chi connectivity index (χ3n) is 4.67. The first-order valence-corrected chi connectivity index (χ1v) is 8.31. The monoisotopic (exact) mass is 328 g/mol. The molecule has 0 bridgehead atoms. The van der Waals surface area contributed by atoms with Gasteiger partial charge >= 0.3 is 0 Å². The van der Waals surface area contributed by atoms with Crippen LogP contribution in [-0.2, 0) is 11.3 Å². The fourth-order valence-electron chi connectivity index (χ4n) is 3.61. The van der Waals surface area contributed by atoms with Crippen LogP contribution in [0.15, 0.2) is 21.3 Å². The van der Waals surface area contributed by atoms with E-state index in [2.05, 4.69) is 10.4 Å². The van der Waals surface area contributed by atoms with Crippen LogP contribution in [0.5, 0.6) is 0 Å². The van der Waals surface area contributed by atoms with Crippen molar-refractivity contribution in [2.45, 2.75) is 52.1 Å². The molecular formula is C17H20N4O3. The van der Waals surface area contributed by atoms with Gasteiger partial charge in [-0.05, 0) is 26.7 Å². The van der Waals surface area contributed by atoms with Crippen molar-refractivity contribution in [2.24, 2.45) is 0 Å². The lowest BCUT2D eigenvalue weighted by Gasteiger charge is -2.13.